The summed E-state index contributed by atoms with van der Waals surface area (Å²) in [4.78, 5) is 26.3. The zero-order valence-electron chi connectivity index (χ0n) is 11.9. The summed E-state index contributed by atoms with van der Waals surface area (Å²) in [6.07, 6.45) is 1.33. The first kappa shape index (κ1) is 19.5. The number of alkyl carbamates (subject to hydrolysis) is 1. The molecule has 0 aliphatic rings. The van der Waals surface area contributed by atoms with Gasteiger partial charge in [0.15, 0.2) is 0 Å². The van der Waals surface area contributed by atoms with Gasteiger partial charge in [0.1, 0.15) is 12.1 Å². The van der Waals surface area contributed by atoms with E-state index in [2.05, 4.69) is 10.2 Å². The van der Waals surface area contributed by atoms with Crippen LogP contribution in [0.15, 0.2) is 0 Å². The fourth-order valence-corrected chi connectivity index (χ4v) is 1.40. The number of carboxylic acids is 1. The van der Waals surface area contributed by atoms with E-state index in [4.69, 9.17) is 26.0 Å². The number of carboxylic acid groups (broad SMARTS) is 1. The van der Waals surface area contributed by atoms with Gasteiger partial charge in [-0.25, -0.2) is 4.79 Å². The number of carbonyl (C=O) groups excluding carboxylic acids is 1. The summed E-state index contributed by atoms with van der Waals surface area (Å²) >= 11 is 0. The minimum atomic E-state index is -1.26. The van der Waals surface area contributed by atoms with Crippen molar-refractivity contribution < 1.29 is 34.7 Å². The number of unbranched alkanes of at least 4 members (excludes halogenated alkanes) is 3. The summed E-state index contributed by atoms with van der Waals surface area (Å²) < 4.78 is 4.81. The van der Waals surface area contributed by atoms with E-state index in [9.17, 15) is 9.59 Å². The number of nitrogens with one attached hydrogen (secondary N) is 1. The molecule has 0 rings (SSSR count). The summed E-state index contributed by atoms with van der Waals surface area (Å²) in [7, 11) is 0. The van der Waals surface area contributed by atoms with Gasteiger partial charge >= 0.3 is 12.1 Å². The van der Waals surface area contributed by atoms with Crippen molar-refractivity contribution in [1.29, 1.82) is 0 Å². The number of rotatable bonds is 11. The molecule has 0 aliphatic heterocycles. The van der Waals surface area contributed by atoms with Gasteiger partial charge in [0.25, 0.3) is 0 Å². The molecule has 2 unspecified atom stereocenters. The van der Waals surface area contributed by atoms with Crippen molar-refractivity contribution in [1.82, 2.24) is 10.7 Å². The van der Waals surface area contributed by atoms with Gasteiger partial charge in [-0.1, -0.05) is 12.8 Å². The minimum Gasteiger partial charge on any atom is -0.480 e. The highest BCUT2D eigenvalue weighted by Gasteiger charge is 2.23. The lowest BCUT2D eigenvalue weighted by Crippen LogP contribution is -2.44. The van der Waals surface area contributed by atoms with Crippen molar-refractivity contribution in [2.45, 2.75) is 44.8 Å². The van der Waals surface area contributed by atoms with Gasteiger partial charge in [-0.2, -0.15) is 0 Å². The zero-order valence-corrected chi connectivity index (χ0v) is 11.9. The maximum Gasteiger partial charge on any atom is 0.407 e. The Labute approximate surface area is 122 Å². The summed E-state index contributed by atoms with van der Waals surface area (Å²) in [5.41, 5.74) is 5.30. The number of aliphatic carboxylic acids is 1. The molecule has 0 radical (unpaired) electrons. The lowest BCUT2D eigenvalue weighted by Gasteiger charge is -2.17. The highest BCUT2D eigenvalue weighted by molar-refractivity contribution is 5.75. The normalized spacial score (nSPS) is 13.8. The number of nitrogens with zero attached hydrogens (tertiary/aromatic N) is 1. The predicted octanol–water partition coefficient (Wildman–Crippen LogP) is 0.0854. The average Bonchev–Trinajstić information content (AvgIpc) is 2.40. The molecule has 0 aromatic rings. The third kappa shape index (κ3) is 10.9. The van der Waals surface area contributed by atoms with Crippen LogP contribution in [-0.2, 0) is 14.4 Å². The number of carbonyl (C=O) groups is 2. The van der Waals surface area contributed by atoms with Crippen LogP contribution in [0.4, 0.5) is 4.79 Å². The monoisotopic (exact) mass is 309 g/mol. The predicted molar refractivity (Wildman–Crippen MR) is 69.4 cm³/mol. The van der Waals surface area contributed by atoms with Crippen LogP contribution in [0.2, 0.25) is 0 Å². The SMILES string of the molecule is CC(OC(=O)NCCCCCCON(O)O)C(N)C(=O)O. The Morgan fingerprint density at radius 2 is 1.86 bits per heavy atom. The van der Waals surface area contributed by atoms with E-state index in [1.54, 1.807) is 0 Å². The molecule has 0 bridgehead atoms. The average molecular weight is 309 g/mol. The van der Waals surface area contributed by atoms with Crippen molar-refractivity contribution in [2.24, 2.45) is 5.73 Å². The topological polar surface area (TPSA) is 155 Å². The summed E-state index contributed by atoms with van der Waals surface area (Å²) in [5, 5.41) is 27.3. The Kier molecular flexibility index (Phi) is 10.4. The Hall–Kier alpha value is -1.46. The van der Waals surface area contributed by atoms with Crippen LogP contribution in [0.1, 0.15) is 32.6 Å². The number of ether oxygens (including phenoxy) is 1. The molecule has 21 heavy (non-hydrogen) atoms. The largest absolute Gasteiger partial charge is 0.480 e. The van der Waals surface area contributed by atoms with Gasteiger partial charge in [-0.05, 0) is 19.8 Å². The van der Waals surface area contributed by atoms with Gasteiger partial charge in [-0.15, -0.1) is 0 Å². The molecule has 6 N–H and O–H groups in total. The Bertz CT molecular complexity index is 314. The number of amides is 1. The Balaban J connectivity index is 3.52. The first-order valence-electron chi connectivity index (χ1n) is 6.58. The summed E-state index contributed by atoms with van der Waals surface area (Å²) in [5.74, 6) is -1.23. The van der Waals surface area contributed by atoms with Crippen LogP contribution in [0.25, 0.3) is 0 Å². The Morgan fingerprint density at radius 3 is 2.43 bits per heavy atom. The highest BCUT2D eigenvalue weighted by Crippen LogP contribution is 2.01. The van der Waals surface area contributed by atoms with E-state index in [0.29, 0.717) is 19.4 Å². The minimum absolute atomic E-state index is 0.188. The molecule has 0 aliphatic carbocycles. The van der Waals surface area contributed by atoms with Crippen molar-refractivity contribution >= 4 is 12.1 Å². The van der Waals surface area contributed by atoms with Gasteiger partial charge < -0.3 is 20.9 Å². The molecule has 2 atom stereocenters. The van der Waals surface area contributed by atoms with Crippen molar-refractivity contribution in [3.05, 3.63) is 0 Å². The molecule has 10 heteroatoms. The van der Waals surface area contributed by atoms with Crippen LogP contribution in [-0.4, -0.2) is 58.3 Å². The molecule has 0 aromatic heterocycles. The van der Waals surface area contributed by atoms with E-state index in [0.717, 1.165) is 12.8 Å². The van der Waals surface area contributed by atoms with Crippen LogP contribution in [0, 0.1) is 0 Å². The second kappa shape index (κ2) is 11.2. The number of nitrogens with two attached hydrogens (primary N) is 1. The van der Waals surface area contributed by atoms with Crippen LogP contribution >= 0.6 is 0 Å². The third-order valence-electron chi connectivity index (χ3n) is 2.63. The van der Waals surface area contributed by atoms with Crippen LogP contribution in [0.3, 0.4) is 0 Å². The van der Waals surface area contributed by atoms with Gasteiger partial charge in [0.05, 0.1) is 12.0 Å². The summed E-state index contributed by atoms with van der Waals surface area (Å²) in [6.45, 7) is 1.98. The number of hydrogen-bond donors (Lipinski definition) is 5. The van der Waals surface area contributed by atoms with Crippen LogP contribution < -0.4 is 11.1 Å². The molecule has 1 amide bonds. The molecule has 0 saturated heterocycles. The maximum absolute atomic E-state index is 11.3. The fourth-order valence-electron chi connectivity index (χ4n) is 1.40. The van der Waals surface area contributed by atoms with Crippen LogP contribution in [0.5, 0.6) is 0 Å². The first-order chi connectivity index (χ1) is 9.84. The van der Waals surface area contributed by atoms with Gasteiger partial charge in [-0.3, -0.25) is 20.0 Å². The molecule has 124 valence electrons. The maximum atomic E-state index is 11.3. The lowest BCUT2D eigenvalue weighted by molar-refractivity contribution is -0.492. The molecule has 0 saturated carbocycles. The second-order valence-electron chi connectivity index (χ2n) is 4.40. The van der Waals surface area contributed by atoms with Crippen molar-refractivity contribution in [2.75, 3.05) is 13.2 Å². The van der Waals surface area contributed by atoms with Crippen molar-refractivity contribution in [3.63, 3.8) is 0 Å². The van der Waals surface area contributed by atoms with E-state index in [-0.39, 0.29) is 12.0 Å². The Morgan fingerprint density at radius 1 is 1.24 bits per heavy atom. The third-order valence-corrected chi connectivity index (χ3v) is 2.63. The molecule has 0 fully saturated rings. The van der Waals surface area contributed by atoms with E-state index < -0.39 is 24.2 Å². The number of hydrogen-bond acceptors (Lipinski definition) is 8. The molecule has 0 spiro atoms. The van der Waals surface area contributed by atoms with Gasteiger partial charge in [0, 0.05) is 6.54 Å². The second-order valence-corrected chi connectivity index (χ2v) is 4.40. The van der Waals surface area contributed by atoms with E-state index >= 15 is 0 Å². The summed E-state index contributed by atoms with van der Waals surface area (Å²) in [6, 6.07) is -1.26. The molecular formula is C11H23N3O7. The highest BCUT2D eigenvalue weighted by atomic mass is 17.1. The smallest absolute Gasteiger partial charge is 0.407 e. The fraction of sp³-hybridized carbons (Fsp3) is 0.818. The lowest BCUT2D eigenvalue weighted by atomic mass is 10.2. The first-order valence-corrected chi connectivity index (χ1v) is 6.58. The molecule has 0 aromatic carbocycles. The standard InChI is InChI=1S/C11H23N3O7/c1-8(9(12)10(15)16)21-11(17)13-6-4-2-3-5-7-20-14(18)19/h8-9,18-19H,2-7,12H2,1H3,(H,13,17)(H,15,16). The molecular weight excluding hydrogens is 286 g/mol. The molecule has 10 nitrogen and oxygen atoms in total. The quantitative estimate of drug-likeness (QED) is 0.263. The van der Waals surface area contributed by atoms with Crippen molar-refractivity contribution in [3.8, 4) is 0 Å². The zero-order chi connectivity index (χ0) is 16.3. The molecule has 0 heterocycles. The van der Waals surface area contributed by atoms with Gasteiger partial charge in [0.2, 0.25) is 0 Å². The van der Waals surface area contributed by atoms with E-state index in [1.807, 2.05) is 0 Å². The van der Waals surface area contributed by atoms with E-state index in [1.165, 1.54) is 6.92 Å².